The lowest BCUT2D eigenvalue weighted by molar-refractivity contribution is 0.102. The first-order valence-electron chi connectivity index (χ1n) is 10.7. The fourth-order valence-corrected chi connectivity index (χ4v) is 3.32. The predicted octanol–water partition coefficient (Wildman–Crippen LogP) is 6.33. The Kier molecular flexibility index (Phi) is 7.30. The van der Waals surface area contributed by atoms with Crippen LogP contribution in [0.3, 0.4) is 0 Å². The van der Waals surface area contributed by atoms with Gasteiger partial charge in [-0.15, -0.1) is 0 Å². The van der Waals surface area contributed by atoms with Gasteiger partial charge in [-0.05, 0) is 66.7 Å². The molecule has 0 aliphatic heterocycles. The summed E-state index contributed by atoms with van der Waals surface area (Å²) in [6, 6.07) is 29.3. The Labute approximate surface area is 198 Å². The number of hydrogen-bond donors (Lipinski definition) is 1. The maximum absolute atomic E-state index is 12.9. The van der Waals surface area contributed by atoms with E-state index in [-0.39, 0.29) is 12.5 Å². The molecule has 4 rings (SSSR count). The maximum atomic E-state index is 12.9. The van der Waals surface area contributed by atoms with Crippen molar-refractivity contribution in [3.63, 3.8) is 0 Å². The van der Waals surface area contributed by atoms with Crippen molar-refractivity contribution in [1.82, 2.24) is 0 Å². The summed E-state index contributed by atoms with van der Waals surface area (Å²) in [6.45, 7) is 0.239. The molecule has 0 aromatic heterocycles. The average Bonchev–Trinajstić information content (AvgIpc) is 2.89. The van der Waals surface area contributed by atoms with Crippen LogP contribution in [-0.4, -0.2) is 20.1 Å². The number of carbonyl (C=O) groups is 1. The van der Waals surface area contributed by atoms with Crippen LogP contribution in [0.4, 0.5) is 5.69 Å². The van der Waals surface area contributed by atoms with Gasteiger partial charge in [-0.1, -0.05) is 24.3 Å². The molecule has 4 aromatic carbocycles. The maximum Gasteiger partial charge on any atom is 0.255 e. The minimum Gasteiger partial charge on any atom is -0.497 e. The molecule has 172 valence electrons. The van der Waals surface area contributed by atoms with E-state index in [1.54, 1.807) is 50.6 Å². The van der Waals surface area contributed by atoms with Crippen molar-refractivity contribution in [3.8, 4) is 28.7 Å². The van der Waals surface area contributed by atoms with Gasteiger partial charge in [0.05, 0.1) is 14.2 Å². The number of para-hydroxylation sites is 1. The monoisotopic (exact) mass is 455 g/mol. The van der Waals surface area contributed by atoms with E-state index >= 15 is 0 Å². The molecule has 0 aliphatic rings. The Morgan fingerprint density at radius 1 is 0.706 bits per heavy atom. The van der Waals surface area contributed by atoms with E-state index in [1.165, 1.54) is 0 Å². The van der Waals surface area contributed by atoms with Crippen LogP contribution in [0, 0.1) is 0 Å². The van der Waals surface area contributed by atoms with Crippen LogP contribution in [0.15, 0.2) is 97.1 Å². The van der Waals surface area contributed by atoms with E-state index in [0.717, 1.165) is 11.3 Å². The van der Waals surface area contributed by atoms with Crippen LogP contribution in [0.1, 0.15) is 15.9 Å². The molecule has 0 saturated heterocycles. The zero-order valence-corrected chi connectivity index (χ0v) is 19.0. The standard InChI is InChI=1S/C28H25NO5/c1-31-25-9-6-10-26(18-25)33-19-21-17-20(11-16-27(21)32-2)28(30)29-22-12-14-24(15-13-22)34-23-7-4-3-5-8-23/h3-18H,19H2,1-2H3,(H,29,30). The summed E-state index contributed by atoms with van der Waals surface area (Å²) >= 11 is 0. The molecule has 34 heavy (non-hydrogen) atoms. The van der Waals surface area contributed by atoms with Crippen LogP contribution in [-0.2, 0) is 6.61 Å². The lowest BCUT2D eigenvalue weighted by atomic mass is 10.1. The van der Waals surface area contributed by atoms with Crippen LogP contribution < -0.4 is 24.3 Å². The van der Waals surface area contributed by atoms with Crippen LogP contribution in [0.25, 0.3) is 0 Å². The molecule has 0 heterocycles. The molecular formula is C28H25NO5. The van der Waals surface area contributed by atoms with Gasteiger partial charge in [0, 0.05) is 22.9 Å². The van der Waals surface area contributed by atoms with Gasteiger partial charge in [-0.3, -0.25) is 4.79 Å². The molecule has 0 bridgehead atoms. The van der Waals surface area contributed by atoms with Crippen molar-refractivity contribution in [2.45, 2.75) is 6.61 Å². The number of rotatable bonds is 9. The summed E-state index contributed by atoms with van der Waals surface area (Å²) in [4.78, 5) is 12.9. The summed E-state index contributed by atoms with van der Waals surface area (Å²) in [5, 5.41) is 2.91. The fourth-order valence-electron chi connectivity index (χ4n) is 3.32. The Morgan fingerprint density at radius 2 is 1.41 bits per heavy atom. The molecule has 0 fully saturated rings. The number of carbonyl (C=O) groups excluding carboxylic acids is 1. The molecule has 0 saturated carbocycles. The second-order valence-electron chi connectivity index (χ2n) is 7.39. The van der Waals surface area contributed by atoms with Crippen molar-refractivity contribution in [2.24, 2.45) is 0 Å². The Hall–Kier alpha value is -4.45. The molecule has 0 atom stereocenters. The quantitative estimate of drug-likeness (QED) is 0.320. The van der Waals surface area contributed by atoms with Crippen molar-refractivity contribution in [1.29, 1.82) is 0 Å². The summed E-state index contributed by atoms with van der Waals surface area (Å²) < 4.78 is 22.4. The number of anilines is 1. The Bertz CT molecular complexity index is 1240. The van der Waals surface area contributed by atoms with Gasteiger partial charge in [0.15, 0.2) is 0 Å². The largest absolute Gasteiger partial charge is 0.497 e. The molecule has 1 N–H and O–H groups in total. The van der Waals surface area contributed by atoms with Gasteiger partial charge in [-0.25, -0.2) is 0 Å². The molecule has 6 heteroatoms. The highest BCUT2D eigenvalue weighted by molar-refractivity contribution is 6.04. The number of ether oxygens (including phenoxy) is 4. The van der Waals surface area contributed by atoms with Gasteiger partial charge < -0.3 is 24.3 Å². The second kappa shape index (κ2) is 10.9. The first kappa shape index (κ1) is 22.7. The van der Waals surface area contributed by atoms with Crippen LogP contribution >= 0.6 is 0 Å². The smallest absolute Gasteiger partial charge is 0.255 e. The first-order valence-corrected chi connectivity index (χ1v) is 10.7. The predicted molar refractivity (Wildman–Crippen MR) is 131 cm³/mol. The van der Waals surface area contributed by atoms with Crippen LogP contribution in [0.2, 0.25) is 0 Å². The van der Waals surface area contributed by atoms with Gasteiger partial charge in [0.1, 0.15) is 35.4 Å². The third kappa shape index (κ3) is 5.86. The van der Waals surface area contributed by atoms with Gasteiger partial charge in [0.2, 0.25) is 0 Å². The van der Waals surface area contributed by atoms with Gasteiger partial charge in [0.25, 0.3) is 5.91 Å². The van der Waals surface area contributed by atoms with Crippen LogP contribution in [0.5, 0.6) is 28.7 Å². The lowest BCUT2D eigenvalue weighted by Crippen LogP contribution is -2.12. The van der Waals surface area contributed by atoms with Gasteiger partial charge >= 0.3 is 0 Å². The Morgan fingerprint density at radius 3 is 2.15 bits per heavy atom. The zero-order valence-electron chi connectivity index (χ0n) is 19.0. The topological polar surface area (TPSA) is 66.0 Å². The fraction of sp³-hybridized carbons (Fsp3) is 0.107. The number of hydrogen-bond acceptors (Lipinski definition) is 5. The van der Waals surface area contributed by atoms with E-state index in [4.69, 9.17) is 18.9 Å². The highest BCUT2D eigenvalue weighted by Gasteiger charge is 2.12. The molecule has 0 spiro atoms. The molecule has 0 unspecified atom stereocenters. The van der Waals surface area contributed by atoms with Crippen molar-refractivity contribution in [2.75, 3.05) is 19.5 Å². The van der Waals surface area contributed by atoms with Crippen molar-refractivity contribution in [3.05, 3.63) is 108 Å². The third-order valence-corrected chi connectivity index (χ3v) is 5.07. The van der Waals surface area contributed by atoms with E-state index in [1.807, 2.05) is 60.7 Å². The normalized spacial score (nSPS) is 10.3. The highest BCUT2D eigenvalue weighted by atomic mass is 16.5. The highest BCUT2D eigenvalue weighted by Crippen LogP contribution is 2.26. The van der Waals surface area contributed by atoms with E-state index in [0.29, 0.717) is 34.2 Å². The minimum atomic E-state index is -0.234. The molecule has 1 amide bonds. The minimum absolute atomic E-state index is 0.234. The summed E-state index contributed by atoms with van der Waals surface area (Å²) in [5.74, 6) is 3.21. The molecule has 4 aromatic rings. The SMILES string of the molecule is COc1cccc(OCc2cc(C(=O)Nc3ccc(Oc4ccccc4)cc3)ccc2OC)c1. The molecule has 0 aliphatic carbocycles. The first-order chi connectivity index (χ1) is 16.6. The number of methoxy groups -OCH3 is 2. The third-order valence-electron chi connectivity index (χ3n) is 5.07. The summed E-state index contributed by atoms with van der Waals surface area (Å²) in [7, 11) is 3.19. The number of amides is 1. The van der Waals surface area contributed by atoms with Gasteiger partial charge in [-0.2, -0.15) is 0 Å². The lowest BCUT2D eigenvalue weighted by Gasteiger charge is -2.13. The number of benzene rings is 4. The van der Waals surface area contributed by atoms with E-state index in [2.05, 4.69) is 5.32 Å². The van der Waals surface area contributed by atoms with E-state index < -0.39 is 0 Å². The summed E-state index contributed by atoms with van der Waals surface area (Å²) in [5.41, 5.74) is 1.91. The Balaban J connectivity index is 1.42. The molecule has 6 nitrogen and oxygen atoms in total. The summed E-state index contributed by atoms with van der Waals surface area (Å²) in [6.07, 6.45) is 0. The zero-order chi connectivity index (χ0) is 23.8. The van der Waals surface area contributed by atoms with E-state index in [9.17, 15) is 4.79 Å². The van der Waals surface area contributed by atoms with Crippen molar-refractivity contribution < 1.29 is 23.7 Å². The molecular weight excluding hydrogens is 430 g/mol. The second-order valence-corrected chi connectivity index (χ2v) is 7.39. The van der Waals surface area contributed by atoms with Crippen molar-refractivity contribution >= 4 is 11.6 Å². The number of nitrogens with one attached hydrogen (secondary N) is 1. The average molecular weight is 456 g/mol. The molecule has 0 radical (unpaired) electrons.